The SMILES string of the molecule is CCCCCC.Cc1ccc(S(=O)(=O)Cl)cc1. The van der Waals surface area contributed by atoms with Crippen LogP contribution in [0.25, 0.3) is 0 Å². The van der Waals surface area contributed by atoms with Gasteiger partial charge in [-0.25, -0.2) is 8.42 Å². The zero-order chi connectivity index (χ0) is 13.3. The number of aryl methyl sites for hydroxylation is 1. The first-order valence-electron chi connectivity index (χ1n) is 5.93. The van der Waals surface area contributed by atoms with Gasteiger partial charge in [0.1, 0.15) is 0 Å². The summed E-state index contributed by atoms with van der Waals surface area (Å²) in [7, 11) is 1.54. The first kappa shape index (κ1) is 16.5. The van der Waals surface area contributed by atoms with Crippen molar-refractivity contribution >= 4 is 19.7 Å². The predicted molar refractivity (Wildman–Crippen MR) is 74.0 cm³/mol. The van der Waals surface area contributed by atoms with Crippen LogP contribution in [-0.4, -0.2) is 8.42 Å². The molecule has 1 rings (SSSR count). The largest absolute Gasteiger partial charge is 0.261 e. The molecule has 0 amide bonds. The molecule has 0 radical (unpaired) electrons. The summed E-state index contributed by atoms with van der Waals surface area (Å²) in [5, 5.41) is 0. The zero-order valence-electron chi connectivity index (χ0n) is 10.7. The number of rotatable bonds is 4. The van der Waals surface area contributed by atoms with Crippen molar-refractivity contribution in [3.8, 4) is 0 Å². The molecule has 0 aliphatic heterocycles. The van der Waals surface area contributed by atoms with Crippen molar-refractivity contribution in [1.29, 1.82) is 0 Å². The molecule has 0 spiro atoms. The van der Waals surface area contributed by atoms with Crippen LogP contribution in [0.2, 0.25) is 0 Å². The molecule has 0 aliphatic rings. The lowest BCUT2D eigenvalue weighted by Gasteiger charge is -1.94. The molecule has 0 heterocycles. The third kappa shape index (κ3) is 8.22. The number of hydrogen-bond donors (Lipinski definition) is 0. The Morgan fingerprint density at radius 3 is 1.71 bits per heavy atom. The highest BCUT2D eigenvalue weighted by molar-refractivity contribution is 8.13. The van der Waals surface area contributed by atoms with E-state index in [1.165, 1.54) is 37.8 Å². The van der Waals surface area contributed by atoms with E-state index in [0.717, 1.165) is 5.56 Å². The number of benzene rings is 1. The van der Waals surface area contributed by atoms with Crippen LogP contribution in [0.1, 0.15) is 45.1 Å². The Morgan fingerprint density at radius 1 is 1.00 bits per heavy atom. The summed E-state index contributed by atoms with van der Waals surface area (Å²) < 4.78 is 21.4. The second-order valence-corrected chi connectivity index (χ2v) is 6.52. The molecule has 0 aliphatic carbocycles. The van der Waals surface area contributed by atoms with Gasteiger partial charge < -0.3 is 0 Å². The quantitative estimate of drug-likeness (QED) is 0.599. The smallest absolute Gasteiger partial charge is 0.207 e. The second-order valence-electron chi connectivity index (χ2n) is 3.96. The molecule has 0 atom stereocenters. The van der Waals surface area contributed by atoms with Gasteiger partial charge in [-0.15, -0.1) is 0 Å². The van der Waals surface area contributed by atoms with Gasteiger partial charge in [-0.2, -0.15) is 0 Å². The molecule has 0 aromatic heterocycles. The van der Waals surface area contributed by atoms with Crippen molar-refractivity contribution in [3.05, 3.63) is 29.8 Å². The molecule has 0 fully saturated rings. The maximum atomic E-state index is 10.7. The normalized spacial score (nSPS) is 10.6. The van der Waals surface area contributed by atoms with Gasteiger partial charge in [0.05, 0.1) is 4.90 Å². The minimum Gasteiger partial charge on any atom is -0.207 e. The first-order chi connectivity index (χ1) is 7.91. The molecule has 0 saturated heterocycles. The van der Waals surface area contributed by atoms with Crippen molar-refractivity contribution in [1.82, 2.24) is 0 Å². The molecule has 0 N–H and O–H groups in total. The molecule has 0 bridgehead atoms. The van der Waals surface area contributed by atoms with Crippen molar-refractivity contribution in [2.24, 2.45) is 0 Å². The average Bonchev–Trinajstić information content (AvgIpc) is 2.26. The Balaban J connectivity index is 0.000000366. The standard InChI is InChI=1S/C7H7ClO2S.C6H14/c1-6-2-4-7(5-3-6)11(8,9)10;1-3-5-6-4-2/h2-5H,1H3;3-6H2,1-2H3. The molecule has 0 saturated carbocycles. The summed E-state index contributed by atoms with van der Waals surface area (Å²) in [6.45, 7) is 6.34. The van der Waals surface area contributed by atoms with E-state index in [0.29, 0.717) is 0 Å². The fourth-order valence-corrected chi connectivity index (χ4v) is 1.97. The fraction of sp³-hybridized carbons (Fsp3) is 0.538. The summed E-state index contributed by atoms with van der Waals surface area (Å²) in [6, 6.07) is 6.37. The molecule has 0 unspecified atom stereocenters. The van der Waals surface area contributed by atoms with Gasteiger partial charge in [-0.3, -0.25) is 0 Å². The van der Waals surface area contributed by atoms with E-state index in [1.54, 1.807) is 12.1 Å². The van der Waals surface area contributed by atoms with Crippen LogP contribution in [0.4, 0.5) is 0 Å². The van der Waals surface area contributed by atoms with Crippen LogP contribution in [0, 0.1) is 6.92 Å². The van der Waals surface area contributed by atoms with Crippen molar-refractivity contribution < 1.29 is 8.42 Å². The van der Waals surface area contributed by atoms with Gasteiger partial charge in [0.2, 0.25) is 0 Å². The summed E-state index contributed by atoms with van der Waals surface area (Å²) in [5.74, 6) is 0. The monoisotopic (exact) mass is 276 g/mol. The Bertz CT molecular complexity index is 392. The topological polar surface area (TPSA) is 34.1 Å². The molecule has 2 nitrogen and oxygen atoms in total. The van der Waals surface area contributed by atoms with Gasteiger partial charge in [-0.1, -0.05) is 57.2 Å². The van der Waals surface area contributed by atoms with Crippen LogP contribution in [0.5, 0.6) is 0 Å². The fourth-order valence-electron chi connectivity index (χ4n) is 1.20. The van der Waals surface area contributed by atoms with Gasteiger partial charge >= 0.3 is 0 Å². The third-order valence-corrected chi connectivity index (χ3v) is 3.63. The number of hydrogen-bond acceptors (Lipinski definition) is 2. The van der Waals surface area contributed by atoms with E-state index in [9.17, 15) is 8.42 Å². The molecule has 1 aromatic carbocycles. The maximum Gasteiger partial charge on any atom is 0.261 e. The molecule has 1 aromatic rings. The minimum atomic E-state index is -3.55. The Labute approximate surface area is 109 Å². The summed E-state index contributed by atoms with van der Waals surface area (Å²) in [5.41, 5.74) is 1.01. The highest BCUT2D eigenvalue weighted by Crippen LogP contribution is 2.14. The predicted octanol–water partition coefficient (Wildman–Crippen LogP) is 4.51. The van der Waals surface area contributed by atoms with Crippen molar-refractivity contribution in [2.75, 3.05) is 0 Å². The molecule has 98 valence electrons. The average molecular weight is 277 g/mol. The van der Waals surface area contributed by atoms with E-state index in [1.807, 2.05) is 6.92 Å². The van der Waals surface area contributed by atoms with Crippen LogP contribution in [0.3, 0.4) is 0 Å². The summed E-state index contributed by atoms with van der Waals surface area (Å²) >= 11 is 0. The zero-order valence-corrected chi connectivity index (χ0v) is 12.3. The van der Waals surface area contributed by atoms with Crippen LogP contribution in [-0.2, 0) is 9.05 Å². The Morgan fingerprint density at radius 2 is 1.41 bits per heavy atom. The van der Waals surface area contributed by atoms with Crippen LogP contribution in [0.15, 0.2) is 29.2 Å². The third-order valence-electron chi connectivity index (χ3n) is 2.26. The lowest BCUT2D eigenvalue weighted by Crippen LogP contribution is -1.89. The molecular formula is C13H21ClO2S. The molecule has 17 heavy (non-hydrogen) atoms. The lowest BCUT2D eigenvalue weighted by molar-refractivity contribution is 0.609. The van der Waals surface area contributed by atoms with Crippen molar-refractivity contribution in [3.63, 3.8) is 0 Å². The highest BCUT2D eigenvalue weighted by Gasteiger charge is 2.07. The second kappa shape index (κ2) is 8.54. The van der Waals surface area contributed by atoms with E-state index in [-0.39, 0.29) is 4.90 Å². The van der Waals surface area contributed by atoms with Gasteiger partial charge in [0.25, 0.3) is 9.05 Å². The minimum absolute atomic E-state index is 0.143. The van der Waals surface area contributed by atoms with E-state index < -0.39 is 9.05 Å². The van der Waals surface area contributed by atoms with Gasteiger partial charge in [0.15, 0.2) is 0 Å². The van der Waals surface area contributed by atoms with Crippen molar-refractivity contribution in [2.45, 2.75) is 51.3 Å². The number of halogens is 1. The summed E-state index contributed by atoms with van der Waals surface area (Å²) in [4.78, 5) is 0.143. The molecular weight excluding hydrogens is 256 g/mol. The van der Waals surface area contributed by atoms with Gasteiger partial charge in [0, 0.05) is 10.7 Å². The van der Waals surface area contributed by atoms with E-state index in [2.05, 4.69) is 13.8 Å². The van der Waals surface area contributed by atoms with E-state index >= 15 is 0 Å². The molecule has 4 heteroatoms. The first-order valence-corrected chi connectivity index (χ1v) is 8.24. The highest BCUT2D eigenvalue weighted by atomic mass is 35.7. The van der Waals surface area contributed by atoms with Crippen LogP contribution >= 0.6 is 10.7 Å². The maximum absolute atomic E-state index is 10.7. The lowest BCUT2D eigenvalue weighted by atomic mass is 10.2. The van der Waals surface area contributed by atoms with Gasteiger partial charge in [-0.05, 0) is 19.1 Å². The van der Waals surface area contributed by atoms with E-state index in [4.69, 9.17) is 10.7 Å². The number of unbranched alkanes of at least 4 members (excludes halogenated alkanes) is 3. The Kier molecular flexibility index (Phi) is 8.26. The summed E-state index contributed by atoms with van der Waals surface area (Å²) in [6.07, 6.45) is 5.54. The Hall–Kier alpha value is -0.540. The van der Waals surface area contributed by atoms with Crippen LogP contribution < -0.4 is 0 Å².